The fourth-order valence-electron chi connectivity index (χ4n) is 6.63. The van der Waals surface area contributed by atoms with E-state index < -0.39 is 52.2 Å². The minimum atomic E-state index is -4.46. The number of amides is 4. The first kappa shape index (κ1) is 63.9. The standard InChI is InChI=1S/C18H17FN4O2S.C15H18N6O6S.C8H14ClN5.C5H12NO4P/c1-4-5-22-13-7-12(11(19)6-14(13)25-9-16(22)24)20-17-23-10-18(2,3)8-15(23)21-26-17;1-21(2)13(22)9-6-5-7-16-12(9)28(24,25)20-15(23)19-14-17-10(26-3)8-11(18-14)27-4;1-4-10-7-12-6(9)13-8(14-7)11-5(2)3;1-11(9,10)3-2-4(6)5(7)8/h1,6-7H,5,8-10H2,2-3H3;5-8H,1-4H3,(H2,17,18,19,20,23);5H,4H2,1-3H3,(H2,10,11,12,13,14);4H,2-3,6H2,1H3,(H,7,8)(H,9,10). The molecule has 8 N–H and O–H groups in total. The molecule has 6 heterocycles. The number of aromatic nitrogens is 8. The lowest BCUT2D eigenvalue weighted by Gasteiger charge is -2.28. The van der Waals surface area contributed by atoms with Crippen molar-refractivity contribution in [2.24, 2.45) is 16.1 Å². The Morgan fingerprint density at radius 2 is 1.76 bits per heavy atom. The van der Waals surface area contributed by atoms with E-state index in [1.165, 1.54) is 92.8 Å². The van der Waals surface area contributed by atoms with E-state index in [1.54, 1.807) is 4.72 Å². The number of hydrogen-bond acceptors (Lipinski definition) is 22. The van der Waals surface area contributed by atoms with Gasteiger partial charge >= 0.3 is 12.0 Å². The summed E-state index contributed by atoms with van der Waals surface area (Å²) in [5.74, 6) is 2.11. The average molecular weight is 1180 g/mol. The number of urea groups is 1. The van der Waals surface area contributed by atoms with E-state index in [-0.39, 0.29) is 77.3 Å². The van der Waals surface area contributed by atoms with Gasteiger partial charge in [-0.25, -0.2) is 23.9 Å². The van der Waals surface area contributed by atoms with Crippen LogP contribution in [0, 0.1) is 23.6 Å². The van der Waals surface area contributed by atoms with E-state index in [9.17, 15) is 36.6 Å². The van der Waals surface area contributed by atoms with Gasteiger partial charge in [-0.3, -0.25) is 29.2 Å². The number of rotatable bonds is 16. The van der Waals surface area contributed by atoms with Crippen LogP contribution >= 0.6 is 30.5 Å². The molecule has 2 aliphatic heterocycles. The number of benzene rings is 1. The highest BCUT2D eigenvalue weighted by molar-refractivity contribution is 7.90. The normalized spacial score (nSPS) is 14.3. The fourth-order valence-corrected chi connectivity index (χ4v) is 9.34. The molecule has 2 atom stereocenters. The van der Waals surface area contributed by atoms with Crippen LogP contribution < -0.4 is 50.3 Å². The Balaban J connectivity index is 0.000000242. The van der Waals surface area contributed by atoms with Crippen molar-refractivity contribution in [3.8, 4) is 29.9 Å². The van der Waals surface area contributed by atoms with Crippen molar-refractivity contribution in [3.63, 3.8) is 0 Å². The van der Waals surface area contributed by atoms with E-state index in [4.69, 9.17) is 48.0 Å². The largest absolute Gasteiger partial charge is 0.481 e. The van der Waals surface area contributed by atoms with Crippen LogP contribution in [0.1, 0.15) is 57.2 Å². The number of terminal acetylenes is 1. The smallest absolute Gasteiger partial charge is 0.335 e. The second kappa shape index (κ2) is 28.3. The topological polar surface area (TPSA) is 376 Å². The number of nitrogens with zero attached hydrogens (tertiary/aromatic N) is 11. The lowest BCUT2D eigenvalue weighted by molar-refractivity contribution is -0.138. The van der Waals surface area contributed by atoms with Gasteiger partial charge in [0, 0.05) is 76.3 Å². The summed E-state index contributed by atoms with van der Waals surface area (Å²) in [5.41, 5.74) is 5.58. The number of aliphatic carboxylic acids is 1. The summed E-state index contributed by atoms with van der Waals surface area (Å²) >= 11 is 6.97. The van der Waals surface area contributed by atoms with Gasteiger partial charge in [0.2, 0.25) is 39.7 Å². The molecular weight excluding hydrogens is 1120 g/mol. The molecule has 28 nitrogen and oxygen atoms in total. The van der Waals surface area contributed by atoms with Crippen molar-refractivity contribution >= 4 is 93.6 Å². The van der Waals surface area contributed by atoms with Crippen molar-refractivity contribution in [2.45, 2.75) is 71.1 Å². The molecule has 7 rings (SSSR count). The van der Waals surface area contributed by atoms with E-state index in [1.807, 2.05) is 25.3 Å². The van der Waals surface area contributed by atoms with Crippen molar-refractivity contribution in [3.05, 3.63) is 63.8 Å². The van der Waals surface area contributed by atoms with Crippen LogP contribution in [-0.4, -0.2) is 159 Å². The molecule has 0 bridgehead atoms. The maximum absolute atomic E-state index is 14.5. The quantitative estimate of drug-likeness (QED) is 0.0545. The summed E-state index contributed by atoms with van der Waals surface area (Å²) in [6, 6.07) is 4.89. The fraction of sp³-hybridized carbons (Fsp3) is 0.435. The van der Waals surface area contributed by atoms with Crippen LogP contribution in [-0.2, 0) is 37.1 Å². The Hall–Kier alpha value is -7.62. The number of ether oxygens (including phenoxy) is 3. The molecule has 0 saturated carbocycles. The maximum Gasteiger partial charge on any atom is 0.335 e. The molecule has 2 unspecified atom stereocenters. The zero-order valence-corrected chi connectivity index (χ0v) is 47.9. The summed E-state index contributed by atoms with van der Waals surface area (Å²) in [7, 11) is -1.95. The van der Waals surface area contributed by atoms with Gasteiger partial charge in [0.25, 0.3) is 21.8 Å². The molecule has 5 aromatic rings. The predicted octanol–water partition coefficient (Wildman–Crippen LogP) is 3.82. The van der Waals surface area contributed by atoms with Crippen LogP contribution in [0.5, 0.6) is 17.5 Å². The van der Waals surface area contributed by atoms with Crippen molar-refractivity contribution in [2.75, 3.05) is 81.7 Å². The van der Waals surface area contributed by atoms with E-state index in [2.05, 4.69) is 75.0 Å². The van der Waals surface area contributed by atoms with Crippen LogP contribution in [0.2, 0.25) is 5.28 Å². The molecule has 0 spiro atoms. The van der Waals surface area contributed by atoms with Crippen LogP contribution in [0.4, 0.5) is 38.4 Å². The van der Waals surface area contributed by atoms with Gasteiger partial charge in [-0.1, -0.05) is 19.8 Å². The minimum Gasteiger partial charge on any atom is -0.481 e. The number of anilines is 4. The second-order valence-corrected chi connectivity index (χ2v) is 23.4. The number of methoxy groups -OCH3 is 2. The molecule has 428 valence electrons. The van der Waals surface area contributed by atoms with Gasteiger partial charge in [0.15, 0.2) is 24.8 Å². The number of hydrogen-bond donors (Lipinski definition) is 7. The Morgan fingerprint density at radius 1 is 1.10 bits per heavy atom. The molecule has 4 aromatic heterocycles. The van der Waals surface area contributed by atoms with Gasteiger partial charge < -0.3 is 50.0 Å². The third-order valence-corrected chi connectivity index (χ3v) is 13.5. The zero-order valence-electron chi connectivity index (χ0n) is 44.6. The lowest BCUT2D eigenvalue weighted by Crippen LogP contribution is -2.39. The Kier molecular flexibility index (Phi) is 22.9. The average Bonchev–Trinajstić information content (AvgIpc) is 3.88. The Labute approximate surface area is 463 Å². The molecular formula is C46H61ClFN16O12PS2. The maximum atomic E-state index is 14.5. The minimum absolute atomic E-state index is 0.0412. The van der Waals surface area contributed by atoms with Gasteiger partial charge in [-0.2, -0.15) is 37.7 Å². The number of pyridine rings is 1. The van der Waals surface area contributed by atoms with Crippen LogP contribution in [0.15, 0.2) is 46.5 Å². The highest BCUT2D eigenvalue weighted by Crippen LogP contribution is 2.38. The Morgan fingerprint density at radius 3 is 2.34 bits per heavy atom. The number of sulfonamides is 1. The molecule has 1 aromatic carbocycles. The highest BCUT2D eigenvalue weighted by atomic mass is 35.5. The number of fused-ring (bicyclic) bond motifs is 2. The van der Waals surface area contributed by atoms with Gasteiger partial charge in [0.1, 0.15) is 23.3 Å². The first-order valence-electron chi connectivity index (χ1n) is 23.5. The molecule has 0 fully saturated rings. The van der Waals surface area contributed by atoms with Gasteiger partial charge in [-0.15, -0.1) is 6.42 Å². The second-order valence-electron chi connectivity index (χ2n) is 18.1. The number of carbonyl (C=O) groups is 4. The van der Waals surface area contributed by atoms with Gasteiger partial charge in [-0.05, 0) is 62.4 Å². The molecule has 33 heteroatoms. The summed E-state index contributed by atoms with van der Waals surface area (Å²) in [4.78, 5) is 86.4. The highest BCUT2D eigenvalue weighted by Gasteiger charge is 2.32. The van der Waals surface area contributed by atoms with E-state index >= 15 is 0 Å². The van der Waals surface area contributed by atoms with Crippen molar-refractivity contribution < 1.29 is 60.8 Å². The van der Waals surface area contributed by atoms with Crippen LogP contribution in [0.25, 0.3) is 0 Å². The SMILES string of the molecule is C#CCN1C(=O)COc2cc(F)c(N=c3snc4n3CC(C)(C)C4)cc21.CCNc1nc(Cl)nc(NC(C)C)n1.COc1cc(OC)nc(NC(=O)NS(=O)(=O)c2ncccc2C(=O)N(C)C)n1.CP(=O)(O)CCC(N)C(=O)O. The van der Waals surface area contributed by atoms with Crippen molar-refractivity contribution in [1.82, 2.24) is 48.5 Å². The number of nitrogens with two attached hydrogens (primary N) is 1. The molecule has 4 amide bonds. The molecule has 0 aliphatic carbocycles. The van der Waals surface area contributed by atoms with E-state index in [0.29, 0.717) is 28.1 Å². The third kappa shape index (κ3) is 19.4. The molecule has 79 heavy (non-hydrogen) atoms. The van der Waals surface area contributed by atoms with Crippen LogP contribution in [0.3, 0.4) is 0 Å². The third-order valence-electron chi connectivity index (χ3n) is 10.2. The lowest BCUT2D eigenvalue weighted by atomic mass is 9.92. The number of nitrogens with one attached hydrogen (secondary N) is 4. The van der Waals surface area contributed by atoms with Gasteiger partial charge in [0.05, 0.1) is 38.1 Å². The molecule has 0 saturated heterocycles. The number of carboxylic acids is 1. The summed E-state index contributed by atoms with van der Waals surface area (Å²) in [6.45, 7) is 13.0. The number of carboxylic acid groups (broad SMARTS) is 1. The monoisotopic (exact) mass is 1180 g/mol. The Bertz CT molecular complexity index is 3260. The number of carbonyl (C=O) groups excluding carboxylic acids is 3. The molecule has 2 aliphatic rings. The summed E-state index contributed by atoms with van der Waals surface area (Å²) < 4.78 is 73.7. The zero-order chi connectivity index (χ0) is 59.0. The van der Waals surface area contributed by atoms with E-state index in [0.717, 1.165) is 25.3 Å². The first-order valence-corrected chi connectivity index (χ1v) is 28.4. The first-order chi connectivity index (χ1) is 37.0. The molecule has 0 radical (unpaired) electrons. The predicted molar refractivity (Wildman–Crippen MR) is 291 cm³/mol. The number of halogens is 2. The van der Waals surface area contributed by atoms with Crippen molar-refractivity contribution in [1.29, 1.82) is 0 Å². The summed E-state index contributed by atoms with van der Waals surface area (Å²) in [5, 5.41) is 16.1. The summed E-state index contributed by atoms with van der Waals surface area (Å²) in [6.07, 6.45) is 7.41.